The minimum Gasteiger partial charge on any atom is -0.304 e. The third kappa shape index (κ3) is 3.47. The second-order valence-electron chi connectivity index (χ2n) is 1.22. The summed E-state index contributed by atoms with van der Waals surface area (Å²) < 4.78 is 0. The van der Waals surface area contributed by atoms with Gasteiger partial charge in [0, 0.05) is 20.3 Å². The van der Waals surface area contributed by atoms with Crippen molar-refractivity contribution < 1.29 is 0 Å². The topological polar surface area (TPSA) is 15.6 Å². The van der Waals surface area contributed by atoms with Crippen LogP contribution in [-0.2, 0) is 0 Å². The van der Waals surface area contributed by atoms with Crippen LogP contribution in [0, 0.1) is 0 Å². The molecule has 0 saturated carbocycles. The largest absolute Gasteiger partial charge is 0.304 e. The molecule has 36 valence electrons. The van der Waals surface area contributed by atoms with Crippen molar-refractivity contribution in [3.05, 3.63) is 0 Å². The Morgan fingerprint density at radius 1 is 1.50 bits per heavy atom. The fourth-order valence-corrected chi connectivity index (χ4v) is 0.231. The molecule has 2 nitrogen and oxygen atoms in total. The molecule has 0 N–H and O–H groups in total. The van der Waals surface area contributed by atoms with E-state index in [0.717, 1.165) is 0 Å². The maximum atomic E-state index is 3.83. The molecule has 0 aliphatic carbocycles. The van der Waals surface area contributed by atoms with Gasteiger partial charge in [-0.1, -0.05) is 0 Å². The van der Waals surface area contributed by atoms with Crippen molar-refractivity contribution in [2.24, 2.45) is 5.10 Å². The van der Waals surface area contributed by atoms with E-state index in [1.165, 1.54) is 0 Å². The number of nitrogens with zero attached hydrogens (tertiary/aromatic N) is 2. The zero-order valence-corrected chi connectivity index (χ0v) is 4.47. The van der Waals surface area contributed by atoms with Gasteiger partial charge in [0.25, 0.3) is 0 Å². The lowest BCUT2D eigenvalue weighted by molar-refractivity contribution is 0.440. The van der Waals surface area contributed by atoms with Gasteiger partial charge in [-0.3, -0.25) is 0 Å². The van der Waals surface area contributed by atoms with Crippen molar-refractivity contribution in [3.63, 3.8) is 0 Å². The molecule has 0 rings (SSSR count). The number of hydrogen-bond acceptors (Lipinski definition) is 2. The van der Waals surface area contributed by atoms with Gasteiger partial charge in [0.05, 0.1) is 0 Å². The van der Waals surface area contributed by atoms with E-state index in [2.05, 4.69) is 5.10 Å². The summed E-state index contributed by atoms with van der Waals surface area (Å²) in [5.74, 6) is 0. The highest BCUT2D eigenvalue weighted by atomic mass is 15.4. The second kappa shape index (κ2) is 2.69. The van der Waals surface area contributed by atoms with E-state index in [1.54, 1.807) is 11.2 Å². The first-order valence-electron chi connectivity index (χ1n) is 1.93. The lowest BCUT2D eigenvalue weighted by Crippen LogP contribution is -2.00. The lowest BCUT2D eigenvalue weighted by atomic mass is 10.9. The summed E-state index contributed by atoms with van der Waals surface area (Å²) in [5.41, 5.74) is 0. The van der Waals surface area contributed by atoms with Crippen molar-refractivity contribution in [3.8, 4) is 0 Å². The summed E-state index contributed by atoms with van der Waals surface area (Å²) in [4.78, 5) is 0. The minimum atomic E-state index is 1.75. The van der Waals surface area contributed by atoms with Gasteiger partial charge >= 0.3 is 0 Å². The zero-order valence-electron chi connectivity index (χ0n) is 4.47. The van der Waals surface area contributed by atoms with Crippen LogP contribution < -0.4 is 0 Å². The smallest absolute Gasteiger partial charge is 0.0244 e. The highest BCUT2D eigenvalue weighted by Crippen LogP contribution is 1.67. The summed E-state index contributed by atoms with van der Waals surface area (Å²) in [6.07, 6.45) is 1.75. The standard InChI is InChI=1S/C4H10N2/c1-4-5-6(2)3/h4H,1-3H3/b5-4+. The summed E-state index contributed by atoms with van der Waals surface area (Å²) in [6, 6.07) is 0. The van der Waals surface area contributed by atoms with Crippen LogP contribution in [0.3, 0.4) is 0 Å². The molecule has 0 bridgehead atoms. The summed E-state index contributed by atoms with van der Waals surface area (Å²) in [5, 5.41) is 5.58. The average molecular weight is 86.1 g/mol. The first kappa shape index (κ1) is 5.47. The Morgan fingerprint density at radius 2 is 2.00 bits per heavy atom. The van der Waals surface area contributed by atoms with Gasteiger partial charge < -0.3 is 5.01 Å². The molecule has 0 aromatic carbocycles. The Morgan fingerprint density at radius 3 is 2.00 bits per heavy atom. The molecule has 0 amide bonds. The van der Waals surface area contributed by atoms with Crippen molar-refractivity contribution in [1.82, 2.24) is 5.01 Å². The van der Waals surface area contributed by atoms with Gasteiger partial charge in [-0.25, -0.2) is 0 Å². The van der Waals surface area contributed by atoms with Crippen molar-refractivity contribution in [1.29, 1.82) is 0 Å². The molecule has 2 heteroatoms. The Hall–Kier alpha value is -0.530. The van der Waals surface area contributed by atoms with Crippen LogP contribution >= 0.6 is 0 Å². The van der Waals surface area contributed by atoms with E-state index in [9.17, 15) is 0 Å². The fourth-order valence-electron chi connectivity index (χ4n) is 0.231. The Bertz CT molecular complexity index is 47.5. The van der Waals surface area contributed by atoms with E-state index in [1.807, 2.05) is 21.0 Å². The molecule has 0 aromatic heterocycles. The number of hydrazone groups is 1. The third-order valence-corrected chi connectivity index (χ3v) is 0.346. The zero-order chi connectivity index (χ0) is 4.99. The molecular formula is C4H10N2. The van der Waals surface area contributed by atoms with Gasteiger partial charge in [-0.15, -0.1) is 0 Å². The van der Waals surface area contributed by atoms with E-state index in [0.29, 0.717) is 0 Å². The van der Waals surface area contributed by atoms with Crippen LogP contribution in [0.5, 0.6) is 0 Å². The first-order valence-corrected chi connectivity index (χ1v) is 1.93. The van der Waals surface area contributed by atoms with Gasteiger partial charge in [0.2, 0.25) is 0 Å². The second-order valence-corrected chi connectivity index (χ2v) is 1.22. The average Bonchev–Trinajstić information content (AvgIpc) is 1.35. The molecule has 0 unspecified atom stereocenters. The molecule has 0 aromatic rings. The Labute approximate surface area is 38.5 Å². The number of hydrogen-bond donors (Lipinski definition) is 0. The first-order chi connectivity index (χ1) is 2.77. The molecule has 0 atom stereocenters. The molecule has 6 heavy (non-hydrogen) atoms. The maximum absolute atomic E-state index is 3.83. The fraction of sp³-hybridized carbons (Fsp3) is 0.750. The Kier molecular flexibility index (Phi) is 2.46. The van der Waals surface area contributed by atoms with Crippen molar-refractivity contribution in [2.45, 2.75) is 6.92 Å². The predicted octanol–water partition coefficient (Wildman–Crippen LogP) is 0.554. The van der Waals surface area contributed by atoms with Crippen LogP contribution in [0.2, 0.25) is 0 Å². The van der Waals surface area contributed by atoms with Gasteiger partial charge in [-0.05, 0) is 6.92 Å². The van der Waals surface area contributed by atoms with Crippen LogP contribution in [0.1, 0.15) is 6.92 Å². The van der Waals surface area contributed by atoms with Crippen LogP contribution in [0.25, 0.3) is 0 Å². The summed E-state index contributed by atoms with van der Waals surface area (Å²) in [7, 11) is 3.78. The third-order valence-electron chi connectivity index (χ3n) is 0.346. The molecule has 0 saturated heterocycles. The maximum Gasteiger partial charge on any atom is 0.0244 e. The quantitative estimate of drug-likeness (QED) is 0.336. The van der Waals surface area contributed by atoms with Crippen LogP contribution in [0.15, 0.2) is 5.10 Å². The van der Waals surface area contributed by atoms with Crippen molar-refractivity contribution in [2.75, 3.05) is 14.1 Å². The molecular weight excluding hydrogens is 76.1 g/mol. The van der Waals surface area contributed by atoms with E-state index >= 15 is 0 Å². The van der Waals surface area contributed by atoms with E-state index in [4.69, 9.17) is 0 Å². The van der Waals surface area contributed by atoms with Gasteiger partial charge in [-0.2, -0.15) is 5.10 Å². The summed E-state index contributed by atoms with van der Waals surface area (Å²) in [6.45, 7) is 1.89. The monoisotopic (exact) mass is 86.1 g/mol. The van der Waals surface area contributed by atoms with Gasteiger partial charge in [0.1, 0.15) is 0 Å². The van der Waals surface area contributed by atoms with E-state index < -0.39 is 0 Å². The molecule has 0 aliphatic rings. The summed E-state index contributed by atoms with van der Waals surface area (Å²) >= 11 is 0. The van der Waals surface area contributed by atoms with Crippen molar-refractivity contribution >= 4 is 6.21 Å². The Balaban J connectivity index is 3.03. The number of rotatable bonds is 1. The van der Waals surface area contributed by atoms with E-state index in [-0.39, 0.29) is 0 Å². The van der Waals surface area contributed by atoms with Gasteiger partial charge in [0.15, 0.2) is 0 Å². The van der Waals surface area contributed by atoms with Crippen LogP contribution in [0.4, 0.5) is 0 Å². The van der Waals surface area contributed by atoms with Crippen LogP contribution in [-0.4, -0.2) is 25.3 Å². The minimum absolute atomic E-state index is 1.75. The normalized spacial score (nSPS) is 9.83. The molecule has 0 aliphatic heterocycles. The highest BCUT2D eigenvalue weighted by molar-refractivity contribution is 5.52. The molecule has 0 radical (unpaired) electrons. The SMILES string of the molecule is C/C=N/N(C)C. The highest BCUT2D eigenvalue weighted by Gasteiger charge is 1.66. The predicted molar refractivity (Wildman–Crippen MR) is 27.9 cm³/mol. The lowest BCUT2D eigenvalue weighted by Gasteiger charge is -1.98. The molecule has 0 spiro atoms. The molecule has 0 heterocycles. The molecule has 0 fully saturated rings.